The van der Waals surface area contributed by atoms with E-state index >= 15 is 0 Å². The van der Waals surface area contributed by atoms with Crippen LogP contribution in [-0.4, -0.2) is 58.6 Å². The van der Waals surface area contributed by atoms with Gasteiger partial charge in [-0.25, -0.2) is 8.42 Å². The molecule has 7 nitrogen and oxygen atoms in total. The first-order valence-electron chi connectivity index (χ1n) is 10.8. The van der Waals surface area contributed by atoms with E-state index in [4.69, 9.17) is 9.47 Å². The fourth-order valence-corrected chi connectivity index (χ4v) is 5.85. The Morgan fingerprint density at radius 2 is 1.91 bits per heavy atom. The second kappa shape index (κ2) is 9.44. The maximum Gasteiger partial charge on any atom is 0.251 e. The number of nitrogens with zero attached hydrogens (tertiary/aromatic N) is 2. The van der Waals surface area contributed by atoms with Gasteiger partial charge in [0.15, 0.2) is 0 Å². The molecule has 2 aliphatic rings. The molecule has 1 fully saturated rings. The Morgan fingerprint density at radius 1 is 1.12 bits per heavy atom. The Kier molecular flexibility index (Phi) is 6.64. The zero-order valence-electron chi connectivity index (χ0n) is 18.4. The number of hydrogen-bond acceptors (Lipinski definition) is 5. The van der Waals surface area contributed by atoms with E-state index in [1.54, 1.807) is 29.2 Å². The van der Waals surface area contributed by atoms with Gasteiger partial charge in [-0.1, -0.05) is 24.3 Å². The summed E-state index contributed by atoms with van der Waals surface area (Å²) in [7, 11) is -2.29. The molecule has 32 heavy (non-hydrogen) atoms. The Labute approximate surface area is 189 Å². The normalized spacial score (nSPS) is 17.4. The Hall–Kier alpha value is -2.68. The van der Waals surface area contributed by atoms with Crippen LogP contribution in [0.3, 0.4) is 0 Å². The summed E-state index contributed by atoms with van der Waals surface area (Å²) in [6.45, 7) is 4.02. The number of rotatable bonds is 5. The molecule has 1 amide bonds. The number of para-hydroxylation sites is 1. The fourth-order valence-electron chi connectivity index (χ4n) is 4.25. The number of morpholine rings is 1. The van der Waals surface area contributed by atoms with E-state index in [9.17, 15) is 13.2 Å². The molecule has 170 valence electrons. The summed E-state index contributed by atoms with van der Waals surface area (Å²) in [5.41, 5.74) is 3.86. The number of anilines is 1. The van der Waals surface area contributed by atoms with Gasteiger partial charge in [0, 0.05) is 25.7 Å². The van der Waals surface area contributed by atoms with Gasteiger partial charge in [-0.15, -0.1) is 0 Å². The number of amides is 1. The summed E-state index contributed by atoms with van der Waals surface area (Å²) >= 11 is 0. The smallest absolute Gasteiger partial charge is 0.251 e. The number of fused-ring (bicyclic) bond motifs is 1. The van der Waals surface area contributed by atoms with Gasteiger partial charge < -0.3 is 14.4 Å². The van der Waals surface area contributed by atoms with E-state index in [-0.39, 0.29) is 16.6 Å². The van der Waals surface area contributed by atoms with Gasteiger partial charge in [0.25, 0.3) is 5.91 Å². The lowest BCUT2D eigenvalue weighted by Gasteiger charge is -2.30. The number of sulfonamides is 1. The lowest BCUT2D eigenvalue weighted by atomic mass is 9.98. The zero-order valence-corrected chi connectivity index (χ0v) is 19.2. The first-order valence-corrected chi connectivity index (χ1v) is 12.2. The summed E-state index contributed by atoms with van der Waals surface area (Å²) in [4.78, 5) is 14.9. The highest BCUT2D eigenvalue weighted by molar-refractivity contribution is 7.89. The predicted molar refractivity (Wildman–Crippen MR) is 123 cm³/mol. The molecule has 4 rings (SSSR count). The summed E-state index contributed by atoms with van der Waals surface area (Å²) in [5.74, 6) is 0.161. The molecule has 0 aliphatic carbocycles. The molecule has 1 saturated heterocycles. The minimum Gasteiger partial charge on any atom is -0.495 e. The molecule has 0 unspecified atom stereocenters. The van der Waals surface area contributed by atoms with Crippen LogP contribution in [0.25, 0.3) is 6.08 Å². The molecule has 8 heteroatoms. The molecule has 2 aromatic carbocycles. The second-order valence-corrected chi connectivity index (χ2v) is 9.84. The highest BCUT2D eigenvalue weighted by Crippen LogP contribution is 2.31. The van der Waals surface area contributed by atoms with Crippen LogP contribution in [0.2, 0.25) is 0 Å². The van der Waals surface area contributed by atoms with Crippen molar-refractivity contribution in [3.8, 4) is 5.75 Å². The van der Waals surface area contributed by atoms with Gasteiger partial charge in [-0.3, -0.25) is 4.79 Å². The van der Waals surface area contributed by atoms with Crippen LogP contribution in [0.1, 0.15) is 23.1 Å². The molecule has 0 atom stereocenters. The third kappa shape index (κ3) is 4.44. The van der Waals surface area contributed by atoms with Gasteiger partial charge in [0.2, 0.25) is 10.0 Å². The van der Waals surface area contributed by atoms with Gasteiger partial charge in [0.1, 0.15) is 10.6 Å². The molecule has 2 aliphatic heterocycles. The van der Waals surface area contributed by atoms with Crippen molar-refractivity contribution in [1.29, 1.82) is 0 Å². The molecule has 2 aromatic rings. The van der Waals surface area contributed by atoms with E-state index in [1.165, 1.54) is 23.1 Å². The Balaban J connectivity index is 1.61. The van der Waals surface area contributed by atoms with Gasteiger partial charge in [0.05, 0.1) is 26.0 Å². The molecule has 0 N–H and O–H groups in total. The van der Waals surface area contributed by atoms with Crippen molar-refractivity contribution in [3.05, 3.63) is 59.2 Å². The zero-order chi connectivity index (χ0) is 22.7. The van der Waals surface area contributed by atoms with Crippen molar-refractivity contribution in [1.82, 2.24) is 4.31 Å². The van der Waals surface area contributed by atoms with E-state index in [0.717, 1.165) is 24.1 Å². The highest BCUT2D eigenvalue weighted by Gasteiger charge is 2.29. The third-order valence-corrected chi connectivity index (χ3v) is 7.80. The molecule has 2 heterocycles. The Morgan fingerprint density at radius 3 is 2.66 bits per heavy atom. The number of carbonyl (C=O) groups is 1. The molecular formula is C24H28N2O5S. The fraction of sp³-hybridized carbons (Fsp3) is 0.375. The van der Waals surface area contributed by atoms with Crippen LogP contribution in [-0.2, 0) is 26.0 Å². The molecule has 0 radical (unpaired) electrons. The molecule has 0 saturated carbocycles. The highest BCUT2D eigenvalue weighted by atomic mass is 32.2. The van der Waals surface area contributed by atoms with Crippen LogP contribution < -0.4 is 9.64 Å². The first-order chi connectivity index (χ1) is 15.4. The lowest BCUT2D eigenvalue weighted by Crippen LogP contribution is -2.40. The standard InChI is InChI=1S/C24H28N2O5S/c1-18-5-3-6-20-7-4-12-26(24(18)20)23(27)11-9-19-8-10-21(30-2)22(17-19)32(28,29)25-13-15-31-16-14-25/h3,5-6,8-11,17H,4,7,12-16H2,1-2H3/b11-9+. The van der Waals surface area contributed by atoms with E-state index in [1.807, 2.05) is 19.1 Å². The number of aryl methyl sites for hydroxylation is 2. The second-order valence-electron chi connectivity index (χ2n) is 7.94. The van der Waals surface area contributed by atoms with Gasteiger partial charge in [-0.05, 0) is 54.7 Å². The monoisotopic (exact) mass is 456 g/mol. The maximum atomic E-state index is 13.2. The van der Waals surface area contributed by atoms with Crippen molar-refractivity contribution >= 4 is 27.7 Å². The lowest BCUT2D eigenvalue weighted by molar-refractivity contribution is -0.114. The van der Waals surface area contributed by atoms with E-state index in [2.05, 4.69) is 6.07 Å². The largest absolute Gasteiger partial charge is 0.495 e. The quantitative estimate of drug-likeness (QED) is 0.647. The summed E-state index contributed by atoms with van der Waals surface area (Å²) in [5, 5.41) is 0. The number of benzene rings is 2. The summed E-state index contributed by atoms with van der Waals surface area (Å²) in [6, 6.07) is 11.0. The van der Waals surface area contributed by atoms with E-state index in [0.29, 0.717) is 38.4 Å². The number of methoxy groups -OCH3 is 1. The first kappa shape index (κ1) is 22.5. The molecule has 0 spiro atoms. The minimum atomic E-state index is -3.73. The van der Waals surface area contributed by atoms with Crippen LogP contribution in [0, 0.1) is 6.92 Å². The van der Waals surface area contributed by atoms with Crippen LogP contribution in [0.4, 0.5) is 5.69 Å². The third-order valence-electron chi connectivity index (χ3n) is 5.88. The van der Waals surface area contributed by atoms with Crippen LogP contribution in [0.5, 0.6) is 5.75 Å². The average molecular weight is 457 g/mol. The summed E-state index contributed by atoms with van der Waals surface area (Å²) < 4.78 is 38.3. The minimum absolute atomic E-state index is 0.0932. The number of carbonyl (C=O) groups excluding carboxylic acids is 1. The maximum absolute atomic E-state index is 13.2. The van der Waals surface area contributed by atoms with Gasteiger partial charge >= 0.3 is 0 Å². The van der Waals surface area contributed by atoms with Crippen molar-refractivity contribution in [2.45, 2.75) is 24.7 Å². The molecule has 0 bridgehead atoms. The van der Waals surface area contributed by atoms with Crippen molar-refractivity contribution < 1.29 is 22.7 Å². The predicted octanol–water partition coefficient (Wildman–Crippen LogP) is 3.02. The number of hydrogen-bond donors (Lipinski definition) is 0. The van der Waals surface area contributed by atoms with Crippen LogP contribution >= 0.6 is 0 Å². The molecular weight excluding hydrogens is 428 g/mol. The van der Waals surface area contributed by atoms with E-state index < -0.39 is 10.0 Å². The topological polar surface area (TPSA) is 76.2 Å². The summed E-state index contributed by atoms with van der Waals surface area (Å²) in [6.07, 6.45) is 5.05. The SMILES string of the molecule is COc1ccc(/C=C/C(=O)N2CCCc3cccc(C)c32)cc1S(=O)(=O)N1CCOCC1. The van der Waals surface area contributed by atoms with Crippen LogP contribution in [0.15, 0.2) is 47.4 Å². The molecule has 0 aromatic heterocycles. The van der Waals surface area contributed by atoms with Crippen molar-refractivity contribution in [3.63, 3.8) is 0 Å². The number of ether oxygens (including phenoxy) is 2. The van der Waals surface area contributed by atoms with Crippen molar-refractivity contribution in [2.75, 3.05) is 44.9 Å². The van der Waals surface area contributed by atoms with Gasteiger partial charge in [-0.2, -0.15) is 4.31 Å². The van der Waals surface area contributed by atoms with Crippen molar-refractivity contribution in [2.24, 2.45) is 0 Å². The Bertz CT molecular complexity index is 1140. The average Bonchev–Trinajstić information content (AvgIpc) is 2.82.